The van der Waals surface area contributed by atoms with Gasteiger partial charge in [-0.1, -0.05) is 30.3 Å². The van der Waals surface area contributed by atoms with E-state index in [1.807, 2.05) is 42.5 Å². The quantitative estimate of drug-likeness (QED) is 0.798. The molecule has 1 aliphatic heterocycles. The van der Waals surface area contributed by atoms with Crippen LogP contribution < -0.4 is 16.0 Å². The third-order valence-electron chi connectivity index (χ3n) is 3.20. The Morgan fingerprint density at radius 3 is 2.64 bits per heavy atom. The van der Waals surface area contributed by atoms with Crippen molar-refractivity contribution < 1.29 is 9.59 Å². The van der Waals surface area contributed by atoms with Gasteiger partial charge in [0, 0.05) is 16.3 Å². The van der Waals surface area contributed by atoms with Gasteiger partial charge >= 0.3 is 6.03 Å². The van der Waals surface area contributed by atoms with Crippen LogP contribution in [0.15, 0.2) is 59.5 Å². The number of benzene rings is 2. The summed E-state index contributed by atoms with van der Waals surface area (Å²) in [6.07, 6.45) is 0. The normalized spacial score (nSPS) is 16.9. The van der Waals surface area contributed by atoms with Gasteiger partial charge < -0.3 is 16.0 Å². The minimum absolute atomic E-state index is 0.208. The second kappa shape index (κ2) is 6.53. The van der Waals surface area contributed by atoms with Crippen LogP contribution >= 0.6 is 11.8 Å². The highest BCUT2D eigenvalue weighted by Gasteiger charge is 2.25. The molecule has 0 saturated heterocycles. The molecule has 2 aromatic rings. The first-order chi connectivity index (χ1) is 10.7. The van der Waals surface area contributed by atoms with E-state index in [9.17, 15) is 9.59 Å². The predicted octanol–water partition coefficient (Wildman–Crippen LogP) is 2.92. The standard InChI is InChI=1S/C16H15N3O2S/c20-15-13(10-22-14-9-5-4-8-12(14)18-15)19-16(21)17-11-6-2-1-3-7-11/h1-9,13H,10H2,(H,18,20)(H2,17,19,21). The molecule has 0 fully saturated rings. The minimum Gasteiger partial charge on any atom is -0.325 e. The number of thioether (sulfide) groups is 1. The van der Waals surface area contributed by atoms with Gasteiger partial charge in [-0.2, -0.15) is 0 Å². The smallest absolute Gasteiger partial charge is 0.319 e. The number of amides is 3. The zero-order valence-corrected chi connectivity index (χ0v) is 12.5. The molecule has 1 unspecified atom stereocenters. The molecule has 0 radical (unpaired) electrons. The van der Waals surface area contributed by atoms with Crippen LogP contribution in [0.2, 0.25) is 0 Å². The van der Waals surface area contributed by atoms with Crippen LogP contribution in [-0.2, 0) is 4.79 Å². The molecule has 1 heterocycles. The number of hydrogen-bond acceptors (Lipinski definition) is 3. The zero-order chi connectivity index (χ0) is 15.4. The molecule has 3 rings (SSSR count). The van der Waals surface area contributed by atoms with Crippen molar-refractivity contribution in [2.45, 2.75) is 10.9 Å². The van der Waals surface area contributed by atoms with Crippen LogP contribution in [0.5, 0.6) is 0 Å². The Balaban J connectivity index is 1.64. The molecule has 3 N–H and O–H groups in total. The summed E-state index contributed by atoms with van der Waals surface area (Å²) in [4.78, 5) is 25.2. The van der Waals surface area contributed by atoms with Crippen molar-refractivity contribution in [1.29, 1.82) is 0 Å². The number of carbonyl (C=O) groups excluding carboxylic acids is 2. The Bertz CT molecular complexity index is 691. The molecule has 22 heavy (non-hydrogen) atoms. The largest absolute Gasteiger partial charge is 0.325 e. The predicted molar refractivity (Wildman–Crippen MR) is 88.2 cm³/mol. The highest BCUT2D eigenvalue weighted by molar-refractivity contribution is 7.99. The lowest BCUT2D eigenvalue weighted by molar-refractivity contribution is -0.117. The molecule has 1 atom stereocenters. The highest BCUT2D eigenvalue weighted by Crippen LogP contribution is 2.30. The van der Waals surface area contributed by atoms with E-state index >= 15 is 0 Å². The van der Waals surface area contributed by atoms with Gasteiger partial charge in [0.25, 0.3) is 0 Å². The Kier molecular flexibility index (Phi) is 4.29. The SMILES string of the molecule is O=C(Nc1ccccc1)NC1CSc2ccccc2NC1=O. The second-order valence-corrected chi connectivity index (χ2v) is 5.88. The van der Waals surface area contributed by atoms with E-state index in [1.54, 1.807) is 23.9 Å². The zero-order valence-electron chi connectivity index (χ0n) is 11.7. The van der Waals surface area contributed by atoms with Crippen LogP contribution in [0.3, 0.4) is 0 Å². The summed E-state index contributed by atoms with van der Waals surface area (Å²) in [7, 11) is 0. The number of rotatable bonds is 2. The van der Waals surface area contributed by atoms with E-state index in [-0.39, 0.29) is 5.91 Å². The van der Waals surface area contributed by atoms with Gasteiger partial charge in [-0.05, 0) is 24.3 Å². The molecule has 3 amide bonds. The monoisotopic (exact) mass is 313 g/mol. The summed E-state index contributed by atoms with van der Waals surface area (Å²) in [5.41, 5.74) is 1.47. The summed E-state index contributed by atoms with van der Waals surface area (Å²) >= 11 is 1.54. The van der Waals surface area contributed by atoms with Crippen molar-refractivity contribution in [3.63, 3.8) is 0 Å². The summed E-state index contributed by atoms with van der Waals surface area (Å²) in [5.74, 6) is 0.283. The number of urea groups is 1. The molecule has 1 aliphatic rings. The molecule has 0 spiro atoms. The van der Waals surface area contributed by atoms with Gasteiger partial charge in [0.1, 0.15) is 6.04 Å². The van der Waals surface area contributed by atoms with Crippen LogP contribution in [-0.4, -0.2) is 23.7 Å². The third-order valence-corrected chi connectivity index (χ3v) is 4.37. The van der Waals surface area contributed by atoms with Crippen LogP contribution in [0.1, 0.15) is 0 Å². The highest BCUT2D eigenvalue weighted by atomic mass is 32.2. The number of carbonyl (C=O) groups is 2. The molecular weight excluding hydrogens is 298 g/mol. The fourth-order valence-corrected chi connectivity index (χ4v) is 3.15. The number of anilines is 2. The van der Waals surface area contributed by atoms with Crippen LogP contribution in [0.25, 0.3) is 0 Å². The molecular formula is C16H15N3O2S. The van der Waals surface area contributed by atoms with E-state index in [0.29, 0.717) is 11.4 Å². The average molecular weight is 313 g/mol. The van der Waals surface area contributed by atoms with Gasteiger partial charge in [0.2, 0.25) is 5.91 Å². The Labute approximate surface area is 132 Å². The van der Waals surface area contributed by atoms with E-state index in [0.717, 1.165) is 10.6 Å². The summed E-state index contributed by atoms with van der Waals surface area (Å²) in [6.45, 7) is 0. The average Bonchev–Trinajstić information content (AvgIpc) is 2.68. The topological polar surface area (TPSA) is 70.2 Å². The Morgan fingerprint density at radius 2 is 1.82 bits per heavy atom. The van der Waals surface area contributed by atoms with Crippen molar-refractivity contribution >= 4 is 35.1 Å². The fraction of sp³-hybridized carbons (Fsp3) is 0.125. The molecule has 2 aromatic carbocycles. The molecule has 0 aromatic heterocycles. The summed E-state index contributed by atoms with van der Waals surface area (Å²) in [5, 5.41) is 8.26. The number of nitrogens with one attached hydrogen (secondary N) is 3. The van der Waals surface area contributed by atoms with Gasteiger partial charge in [0.05, 0.1) is 5.69 Å². The lowest BCUT2D eigenvalue weighted by Gasteiger charge is -2.15. The maximum atomic E-state index is 12.2. The molecule has 112 valence electrons. The van der Waals surface area contributed by atoms with E-state index < -0.39 is 12.1 Å². The first-order valence-corrected chi connectivity index (χ1v) is 7.86. The third kappa shape index (κ3) is 3.40. The molecule has 6 heteroatoms. The molecule has 0 saturated carbocycles. The van der Waals surface area contributed by atoms with Gasteiger partial charge in [-0.15, -0.1) is 11.8 Å². The van der Waals surface area contributed by atoms with E-state index in [1.165, 1.54) is 0 Å². The van der Waals surface area contributed by atoms with Crippen LogP contribution in [0, 0.1) is 0 Å². The maximum Gasteiger partial charge on any atom is 0.319 e. The molecule has 5 nitrogen and oxygen atoms in total. The first-order valence-electron chi connectivity index (χ1n) is 6.87. The van der Waals surface area contributed by atoms with Crippen molar-refractivity contribution in [2.24, 2.45) is 0 Å². The lowest BCUT2D eigenvalue weighted by atomic mass is 10.2. The van der Waals surface area contributed by atoms with E-state index in [4.69, 9.17) is 0 Å². The fourth-order valence-electron chi connectivity index (χ4n) is 2.12. The molecule has 0 bridgehead atoms. The Morgan fingerprint density at radius 1 is 1.09 bits per heavy atom. The lowest BCUT2D eigenvalue weighted by Crippen LogP contribution is -2.46. The first kappa shape index (κ1) is 14.5. The second-order valence-electron chi connectivity index (χ2n) is 4.81. The van der Waals surface area contributed by atoms with Gasteiger partial charge in [0.15, 0.2) is 0 Å². The molecule has 0 aliphatic carbocycles. The number of hydrogen-bond donors (Lipinski definition) is 3. The van der Waals surface area contributed by atoms with Gasteiger partial charge in [-0.3, -0.25) is 4.79 Å². The van der Waals surface area contributed by atoms with Crippen molar-refractivity contribution in [2.75, 3.05) is 16.4 Å². The van der Waals surface area contributed by atoms with Crippen molar-refractivity contribution in [1.82, 2.24) is 5.32 Å². The van der Waals surface area contributed by atoms with E-state index in [2.05, 4.69) is 16.0 Å². The maximum absolute atomic E-state index is 12.2. The van der Waals surface area contributed by atoms with Crippen molar-refractivity contribution in [3.8, 4) is 0 Å². The summed E-state index contributed by atoms with van der Waals surface area (Å²) in [6, 6.07) is 15.7. The Hall–Kier alpha value is -2.47. The summed E-state index contributed by atoms with van der Waals surface area (Å²) < 4.78 is 0. The minimum atomic E-state index is -0.582. The number of fused-ring (bicyclic) bond motifs is 1. The van der Waals surface area contributed by atoms with Crippen molar-refractivity contribution in [3.05, 3.63) is 54.6 Å². The van der Waals surface area contributed by atoms with Crippen LogP contribution in [0.4, 0.5) is 16.2 Å². The number of para-hydroxylation sites is 2. The van der Waals surface area contributed by atoms with Gasteiger partial charge in [-0.25, -0.2) is 4.79 Å².